The fourth-order valence-corrected chi connectivity index (χ4v) is 7.84. The fourth-order valence-electron chi connectivity index (χ4n) is 7.84. The second-order valence-corrected chi connectivity index (χ2v) is 17.6. The SMILES string of the molecule is CCCCCC/C=C/CC/C=C/CC/C=C/C(O)C(COC1OC(CO)C(OC2OC(CO)C(O)C(O)C2O)C(O)C1O)NC(=O)CCCCCCC/C=C\CCCCCCCCC. The van der Waals surface area contributed by atoms with Gasteiger partial charge in [0.05, 0.1) is 32.0 Å². The van der Waals surface area contributed by atoms with Crippen LogP contribution in [0, 0.1) is 0 Å². The molecule has 2 rings (SSSR count). The van der Waals surface area contributed by atoms with Crippen molar-refractivity contribution < 1.29 is 64.6 Å². The number of allylic oxidation sites excluding steroid dienone is 7. The number of carbonyl (C=O) groups is 1. The molecule has 14 heteroatoms. The van der Waals surface area contributed by atoms with Crippen LogP contribution >= 0.6 is 0 Å². The van der Waals surface area contributed by atoms with Crippen LogP contribution in [0.3, 0.4) is 0 Å². The summed E-state index contributed by atoms with van der Waals surface area (Å²) >= 11 is 0. The van der Waals surface area contributed by atoms with E-state index in [1.807, 2.05) is 6.08 Å². The van der Waals surface area contributed by atoms with Crippen LogP contribution in [0.25, 0.3) is 0 Å². The van der Waals surface area contributed by atoms with E-state index in [0.29, 0.717) is 12.8 Å². The number of ether oxygens (including phenoxy) is 4. The van der Waals surface area contributed by atoms with Crippen molar-refractivity contribution in [3.05, 3.63) is 48.6 Å². The van der Waals surface area contributed by atoms with Gasteiger partial charge in [-0.3, -0.25) is 4.79 Å². The van der Waals surface area contributed by atoms with Crippen LogP contribution in [0.5, 0.6) is 0 Å². The molecule has 14 nitrogen and oxygen atoms in total. The van der Waals surface area contributed by atoms with Crippen LogP contribution < -0.4 is 5.32 Å². The second-order valence-electron chi connectivity index (χ2n) is 17.6. The maximum atomic E-state index is 13.1. The summed E-state index contributed by atoms with van der Waals surface area (Å²) in [5, 5.41) is 86.6. The lowest BCUT2D eigenvalue weighted by Crippen LogP contribution is -2.65. The first-order chi connectivity index (χ1) is 31.1. The van der Waals surface area contributed by atoms with E-state index in [1.54, 1.807) is 6.08 Å². The third-order valence-corrected chi connectivity index (χ3v) is 12.0. The molecule has 64 heavy (non-hydrogen) atoms. The van der Waals surface area contributed by atoms with E-state index in [1.165, 1.54) is 70.6 Å². The molecule has 0 aromatic heterocycles. The molecule has 1 amide bonds. The topological polar surface area (TPSA) is 228 Å². The van der Waals surface area contributed by atoms with Crippen molar-refractivity contribution in [3.63, 3.8) is 0 Å². The highest BCUT2D eigenvalue weighted by molar-refractivity contribution is 5.76. The molecule has 2 aliphatic rings. The zero-order valence-electron chi connectivity index (χ0n) is 39.3. The second kappa shape index (κ2) is 37.0. The minimum Gasteiger partial charge on any atom is -0.394 e. The highest BCUT2D eigenvalue weighted by Crippen LogP contribution is 2.30. The largest absolute Gasteiger partial charge is 0.394 e. The van der Waals surface area contributed by atoms with Crippen LogP contribution in [0.1, 0.15) is 168 Å². The van der Waals surface area contributed by atoms with E-state index in [2.05, 4.69) is 55.6 Å². The van der Waals surface area contributed by atoms with E-state index >= 15 is 0 Å². The molecule has 372 valence electrons. The van der Waals surface area contributed by atoms with Crippen molar-refractivity contribution in [3.8, 4) is 0 Å². The summed E-state index contributed by atoms with van der Waals surface area (Å²) in [5.41, 5.74) is 0. The predicted octanol–water partition coefficient (Wildman–Crippen LogP) is 6.10. The molecule has 12 unspecified atom stereocenters. The lowest BCUT2D eigenvalue weighted by Gasteiger charge is -2.46. The summed E-state index contributed by atoms with van der Waals surface area (Å²) < 4.78 is 22.6. The fraction of sp³-hybridized carbons (Fsp3) is 0.820. The van der Waals surface area contributed by atoms with Gasteiger partial charge in [0.1, 0.15) is 48.8 Å². The predicted molar refractivity (Wildman–Crippen MR) is 249 cm³/mol. The Labute approximate surface area is 384 Å². The number of aliphatic hydroxyl groups excluding tert-OH is 8. The molecule has 2 aliphatic heterocycles. The number of nitrogens with one attached hydrogen (secondary N) is 1. The molecule has 2 fully saturated rings. The van der Waals surface area contributed by atoms with Crippen LogP contribution in [-0.4, -0.2) is 140 Å². The molecule has 2 saturated heterocycles. The molecular formula is C50H89NO13. The minimum atomic E-state index is -1.79. The number of hydrogen-bond donors (Lipinski definition) is 9. The Balaban J connectivity index is 1.89. The smallest absolute Gasteiger partial charge is 0.220 e. The summed E-state index contributed by atoms with van der Waals surface area (Å²) in [4.78, 5) is 13.1. The Morgan fingerprint density at radius 1 is 0.547 bits per heavy atom. The number of rotatable bonds is 37. The van der Waals surface area contributed by atoms with Gasteiger partial charge in [0.2, 0.25) is 5.91 Å². The summed E-state index contributed by atoms with van der Waals surface area (Å²) in [5.74, 6) is -0.265. The van der Waals surface area contributed by atoms with Gasteiger partial charge in [-0.2, -0.15) is 0 Å². The molecule has 2 heterocycles. The Morgan fingerprint density at radius 2 is 1.00 bits per heavy atom. The normalized spacial score (nSPS) is 27.7. The van der Waals surface area contributed by atoms with Crippen molar-refractivity contribution in [2.75, 3.05) is 19.8 Å². The molecule has 0 spiro atoms. The van der Waals surface area contributed by atoms with Gasteiger partial charge in [0.15, 0.2) is 12.6 Å². The van der Waals surface area contributed by atoms with Gasteiger partial charge >= 0.3 is 0 Å². The molecule has 0 aliphatic carbocycles. The monoisotopic (exact) mass is 912 g/mol. The molecule has 12 atom stereocenters. The maximum absolute atomic E-state index is 13.1. The van der Waals surface area contributed by atoms with Crippen molar-refractivity contribution in [2.45, 2.75) is 242 Å². The quantitative estimate of drug-likeness (QED) is 0.0254. The van der Waals surface area contributed by atoms with Crippen LogP contribution in [-0.2, 0) is 23.7 Å². The average molecular weight is 912 g/mol. The van der Waals surface area contributed by atoms with Gasteiger partial charge in [-0.25, -0.2) is 0 Å². The average Bonchev–Trinajstić information content (AvgIpc) is 3.29. The molecule has 0 saturated carbocycles. The summed E-state index contributed by atoms with van der Waals surface area (Å²) in [6.45, 7) is 2.71. The van der Waals surface area contributed by atoms with Gasteiger partial charge in [0, 0.05) is 6.42 Å². The van der Waals surface area contributed by atoms with E-state index in [0.717, 1.165) is 64.2 Å². The zero-order chi connectivity index (χ0) is 46.8. The Bertz CT molecular complexity index is 1260. The molecule has 9 N–H and O–H groups in total. The zero-order valence-corrected chi connectivity index (χ0v) is 39.3. The van der Waals surface area contributed by atoms with Crippen molar-refractivity contribution in [1.82, 2.24) is 5.32 Å². The number of aliphatic hydroxyl groups is 8. The van der Waals surface area contributed by atoms with E-state index < -0.39 is 86.8 Å². The molecular weight excluding hydrogens is 823 g/mol. The highest BCUT2D eigenvalue weighted by atomic mass is 16.7. The third kappa shape index (κ3) is 24.1. The molecule has 0 aromatic rings. The first-order valence-corrected chi connectivity index (χ1v) is 24.9. The van der Waals surface area contributed by atoms with E-state index in [4.69, 9.17) is 18.9 Å². The van der Waals surface area contributed by atoms with Gasteiger partial charge in [-0.1, -0.05) is 140 Å². The number of carbonyl (C=O) groups excluding carboxylic acids is 1. The Hall–Kier alpha value is -2.05. The minimum absolute atomic E-state index is 0.259. The standard InChI is InChI=1S/C50H89NO13/c1-3-5-7-9-11-13-15-17-19-20-22-24-26-28-30-32-34-42(55)51-38(39(54)33-31-29-27-25-23-21-18-16-14-12-10-8-6-4-2)37-61-49-47(60)45(58)48(41(36-53)63-49)64-50-46(59)44(57)43(56)40(35-52)62-50/h14,16,19-20,23,25,31,33,38-41,43-50,52-54,56-60H,3-13,15,17-18,21-22,24,26-30,32,34-37H2,1-2H3,(H,51,55)/b16-14+,20-19-,25-23+,33-31+. The van der Waals surface area contributed by atoms with Gasteiger partial charge in [0.25, 0.3) is 0 Å². The number of unbranched alkanes of at least 4 members (excludes halogenated alkanes) is 18. The van der Waals surface area contributed by atoms with Crippen LogP contribution in [0.2, 0.25) is 0 Å². The number of hydrogen-bond acceptors (Lipinski definition) is 13. The highest BCUT2D eigenvalue weighted by Gasteiger charge is 2.51. The maximum Gasteiger partial charge on any atom is 0.220 e. The number of amides is 1. The first kappa shape index (κ1) is 58.1. The van der Waals surface area contributed by atoms with Crippen LogP contribution in [0.15, 0.2) is 48.6 Å². The van der Waals surface area contributed by atoms with Crippen molar-refractivity contribution >= 4 is 5.91 Å². The lowest BCUT2D eigenvalue weighted by atomic mass is 9.97. The van der Waals surface area contributed by atoms with E-state index in [-0.39, 0.29) is 18.9 Å². The third-order valence-electron chi connectivity index (χ3n) is 12.0. The first-order valence-electron chi connectivity index (χ1n) is 24.9. The van der Waals surface area contributed by atoms with Crippen molar-refractivity contribution in [2.24, 2.45) is 0 Å². The molecule has 0 radical (unpaired) electrons. The summed E-state index contributed by atoms with van der Waals surface area (Å²) in [7, 11) is 0. The summed E-state index contributed by atoms with van der Waals surface area (Å²) in [6.07, 6.45) is 25.8. The molecule has 0 bridgehead atoms. The summed E-state index contributed by atoms with van der Waals surface area (Å²) in [6, 6.07) is -0.940. The lowest BCUT2D eigenvalue weighted by molar-refractivity contribution is -0.359. The van der Waals surface area contributed by atoms with E-state index in [9.17, 15) is 45.6 Å². The Morgan fingerprint density at radius 3 is 1.55 bits per heavy atom. The van der Waals surface area contributed by atoms with Gasteiger partial charge in [-0.15, -0.1) is 0 Å². The van der Waals surface area contributed by atoms with Gasteiger partial charge < -0.3 is 65.1 Å². The molecule has 0 aromatic carbocycles. The van der Waals surface area contributed by atoms with Crippen molar-refractivity contribution in [1.29, 1.82) is 0 Å². The Kier molecular flexibility index (Phi) is 33.6. The van der Waals surface area contributed by atoms with Crippen LogP contribution in [0.4, 0.5) is 0 Å². The van der Waals surface area contributed by atoms with Gasteiger partial charge in [-0.05, 0) is 70.6 Å².